The molecule has 2 aromatic carbocycles. The number of nitrogen functional groups attached to an aromatic ring is 1. The number of para-hydroxylation sites is 1. The number of carbonyl (C=O) groups excluding carboxylic acids is 2. The van der Waals surface area contributed by atoms with Crippen molar-refractivity contribution in [2.45, 2.75) is 13.0 Å². The number of amides is 2. The molecule has 3 heterocycles. The van der Waals surface area contributed by atoms with Gasteiger partial charge in [-0.15, -0.1) is 5.10 Å². The Kier molecular flexibility index (Phi) is 7.49. The van der Waals surface area contributed by atoms with Crippen molar-refractivity contribution in [2.24, 2.45) is 7.05 Å². The Labute approximate surface area is 230 Å². The highest BCUT2D eigenvalue weighted by Gasteiger charge is 2.20. The molecule has 0 unspecified atom stereocenters. The van der Waals surface area contributed by atoms with Crippen LogP contribution in [-0.4, -0.2) is 42.2 Å². The molecular formula is C30H28N8O2. The monoisotopic (exact) mass is 532 g/mol. The van der Waals surface area contributed by atoms with Gasteiger partial charge in [-0.25, -0.2) is 9.50 Å². The number of rotatable bonds is 8. The molecule has 1 atom stereocenters. The van der Waals surface area contributed by atoms with Gasteiger partial charge in [0, 0.05) is 42.9 Å². The smallest absolute Gasteiger partial charge is 0.259 e. The average molecular weight is 533 g/mol. The third-order valence-corrected chi connectivity index (χ3v) is 6.14. The fourth-order valence-electron chi connectivity index (χ4n) is 4.25. The molecule has 0 spiro atoms. The molecule has 0 aliphatic carbocycles. The zero-order chi connectivity index (χ0) is 28.1. The summed E-state index contributed by atoms with van der Waals surface area (Å²) in [6, 6.07) is 16.2. The third-order valence-electron chi connectivity index (χ3n) is 6.14. The number of hydrogen-bond acceptors (Lipinski definition) is 6. The second-order valence-electron chi connectivity index (χ2n) is 9.18. The molecule has 5 aromatic rings. The first kappa shape index (κ1) is 26.1. The number of benzene rings is 2. The number of nitrogens with two attached hydrogens (primary N) is 1. The van der Waals surface area contributed by atoms with Crippen molar-refractivity contribution in [3.63, 3.8) is 0 Å². The predicted octanol–water partition coefficient (Wildman–Crippen LogP) is 4.30. The molecule has 4 N–H and O–H groups in total. The summed E-state index contributed by atoms with van der Waals surface area (Å²) in [5.41, 5.74) is 10.1. The summed E-state index contributed by atoms with van der Waals surface area (Å²) < 4.78 is 3.18. The van der Waals surface area contributed by atoms with Crippen molar-refractivity contribution in [2.75, 3.05) is 11.1 Å². The van der Waals surface area contributed by atoms with Crippen molar-refractivity contribution in [3.8, 4) is 0 Å². The van der Waals surface area contributed by atoms with E-state index in [4.69, 9.17) is 5.73 Å². The van der Waals surface area contributed by atoms with Crippen LogP contribution in [0.3, 0.4) is 0 Å². The number of carbonyl (C=O) groups is 2. The first-order chi connectivity index (χ1) is 19.4. The lowest BCUT2D eigenvalue weighted by Gasteiger charge is -2.13. The van der Waals surface area contributed by atoms with E-state index >= 15 is 0 Å². The first-order valence-electron chi connectivity index (χ1n) is 12.6. The minimum Gasteiger partial charge on any atom is -0.381 e. The summed E-state index contributed by atoms with van der Waals surface area (Å²) in [7, 11) is 1.85. The van der Waals surface area contributed by atoms with Gasteiger partial charge >= 0.3 is 0 Å². The molecular weight excluding hydrogens is 504 g/mol. The van der Waals surface area contributed by atoms with Crippen molar-refractivity contribution in [3.05, 3.63) is 113 Å². The highest BCUT2D eigenvalue weighted by Crippen LogP contribution is 2.22. The SMILES string of the molecule is C[C@@H](/C=C/c1cccc(/C=C\c2cnn(C)c2)c1C(=O)Nc1ccccc1)NC(=O)c1c(N)nn2cccnc12. The summed E-state index contributed by atoms with van der Waals surface area (Å²) >= 11 is 0. The van der Waals surface area contributed by atoms with Crippen LogP contribution < -0.4 is 16.4 Å². The molecule has 2 amide bonds. The molecule has 0 saturated carbocycles. The summed E-state index contributed by atoms with van der Waals surface area (Å²) in [6.07, 6.45) is 14.3. The maximum absolute atomic E-state index is 13.5. The summed E-state index contributed by atoms with van der Waals surface area (Å²) in [5.74, 6) is -0.543. The zero-order valence-corrected chi connectivity index (χ0v) is 22.0. The lowest BCUT2D eigenvalue weighted by molar-refractivity contribution is 0.0948. The number of anilines is 2. The van der Waals surface area contributed by atoms with E-state index in [1.54, 1.807) is 29.3 Å². The van der Waals surface area contributed by atoms with Gasteiger partial charge < -0.3 is 16.4 Å². The van der Waals surface area contributed by atoms with E-state index in [2.05, 4.69) is 25.8 Å². The van der Waals surface area contributed by atoms with Crippen LogP contribution in [0.2, 0.25) is 0 Å². The highest BCUT2D eigenvalue weighted by molar-refractivity contribution is 6.09. The van der Waals surface area contributed by atoms with Crippen molar-refractivity contribution in [1.29, 1.82) is 0 Å². The summed E-state index contributed by atoms with van der Waals surface area (Å²) in [6.45, 7) is 1.83. The standard InChI is InChI=1S/C30H28N8O2/c1-20(34-30(40)26-27(31)36-38-17-7-16-32-28(26)38)12-14-22-8-6-9-23(15-13-21-18-33-37(2)19-21)25(22)29(39)35-24-10-4-3-5-11-24/h3-20H,1-2H3,(H2,31,36)(H,34,40)(H,35,39)/b14-12+,15-13-/t20-/m0/s1. The van der Waals surface area contributed by atoms with E-state index in [-0.39, 0.29) is 23.3 Å². The molecule has 0 radical (unpaired) electrons. The van der Waals surface area contributed by atoms with Gasteiger partial charge in [-0.3, -0.25) is 14.3 Å². The molecule has 200 valence electrons. The van der Waals surface area contributed by atoms with Gasteiger partial charge in [0.15, 0.2) is 11.5 Å². The largest absolute Gasteiger partial charge is 0.381 e. The Morgan fingerprint density at radius 3 is 2.48 bits per heavy atom. The minimum atomic E-state index is -0.390. The van der Waals surface area contributed by atoms with Gasteiger partial charge in [0.2, 0.25) is 0 Å². The number of aromatic nitrogens is 5. The topological polar surface area (TPSA) is 132 Å². The van der Waals surface area contributed by atoms with Gasteiger partial charge in [-0.05, 0) is 36.2 Å². The number of hydrogen-bond donors (Lipinski definition) is 3. The molecule has 0 saturated heterocycles. The third kappa shape index (κ3) is 5.81. The van der Waals surface area contributed by atoms with E-state index in [1.165, 1.54) is 4.52 Å². The number of fused-ring (bicyclic) bond motifs is 1. The Bertz CT molecular complexity index is 1730. The maximum Gasteiger partial charge on any atom is 0.259 e. The van der Waals surface area contributed by atoms with Crippen LogP contribution in [0, 0.1) is 0 Å². The van der Waals surface area contributed by atoms with E-state index < -0.39 is 5.91 Å². The molecule has 0 fully saturated rings. The van der Waals surface area contributed by atoms with Gasteiger partial charge in [-0.1, -0.05) is 60.7 Å². The Morgan fingerprint density at radius 2 is 1.73 bits per heavy atom. The van der Waals surface area contributed by atoms with Crippen LogP contribution in [0.1, 0.15) is 44.3 Å². The maximum atomic E-state index is 13.5. The average Bonchev–Trinajstić information content (AvgIpc) is 3.52. The molecule has 0 aliphatic heterocycles. The quantitative estimate of drug-likeness (QED) is 0.273. The lowest BCUT2D eigenvalue weighted by atomic mass is 9.98. The van der Waals surface area contributed by atoms with Crippen LogP contribution in [0.4, 0.5) is 11.5 Å². The molecule has 10 heteroatoms. The van der Waals surface area contributed by atoms with Crippen LogP contribution in [0.25, 0.3) is 23.9 Å². The van der Waals surface area contributed by atoms with E-state index in [1.807, 2.05) is 93.0 Å². The minimum absolute atomic E-state index is 0.0975. The molecule has 40 heavy (non-hydrogen) atoms. The van der Waals surface area contributed by atoms with Gasteiger partial charge in [0.25, 0.3) is 11.8 Å². The first-order valence-corrected chi connectivity index (χ1v) is 12.6. The molecule has 0 aliphatic rings. The zero-order valence-electron chi connectivity index (χ0n) is 22.0. The lowest BCUT2D eigenvalue weighted by Crippen LogP contribution is -2.31. The fraction of sp³-hybridized carbons (Fsp3) is 0.100. The van der Waals surface area contributed by atoms with Crippen LogP contribution >= 0.6 is 0 Å². The molecule has 5 rings (SSSR count). The van der Waals surface area contributed by atoms with Crippen LogP contribution in [0.5, 0.6) is 0 Å². The fourth-order valence-corrected chi connectivity index (χ4v) is 4.25. The van der Waals surface area contributed by atoms with E-state index in [0.717, 1.165) is 11.1 Å². The second kappa shape index (κ2) is 11.5. The Balaban J connectivity index is 1.42. The number of aryl methyl sites for hydroxylation is 1. The number of nitrogens with one attached hydrogen (secondary N) is 2. The van der Waals surface area contributed by atoms with Gasteiger partial charge in [-0.2, -0.15) is 5.10 Å². The Morgan fingerprint density at radius 1 is 0.950 bits per heavy atom. The number of nitrogens with zero attached hydrogens (tertiary/aromatic N) is 5. The highest BCUT2D eigenvalue weighted by atomic mass is 16.2. The van der Waals surface area contributed by atoms with Crippen LogP contribution in [0.15, 0.2) is 85.5 Å². The van der Waals surface area contributed by atoms with E-state index in [0.29, 0.717) is 22.5 Å². The summed E-state index contributed by atoms with van der Waals surface area (Å²) in [5, 5.41) is 14.2. The summed E-state index contributed by atoms with van der Waals surface area (Å²) in [4.78, 5) is 30.8. The second-order valence-corrected chi connectivity index (χ2v) is 9.18. The van der Waals surface area contributed by atoms with Crippen molar-refractivity contribution in [1.82, 2.24) is 29.7 Å². The molecule has 0 bridgehead atoms. The van der Waals surface area contributed by atoms with Gasteiger partial charge in [0.1, 0.15) is 5.56 Å². The molecule has 3 aromatic heterocycles. The van der Waals surface area contributed by atoms with Gasteiger partial charge in [0.05, 0.1) is 11.8 Å². The van der Waals surface area contributed by atoms with E-state index in [9.17, 15) is 9.59 Å². The van der Waals surface area contributed by atoms with Crippen molar-refractivity contribution >= 4 is 47.2 Å². The molecule has 10 nitrogen and oxygen atoms in total. The predicted molar refractivity (Wildman–Crippen MR) is 156 cm³/mol. The van der Waals surface area contributed by atoms with Crippen molar-refractivity contribution < 1.29 is 9.59 Å². The Hall–Kier alpha value is -5.51. The normalized spacial score (nSPS) is 12.2. The van der Waals surface area contributed by atoms with Crippen LogP contribution in [-0.2, 0) is 7.05 Å².